The summed E-state index contributed by atoms with van der Waals surface area (Å²) in [4.78, 5) is 72.8. The Morgan fingerprint density at radius 3 is 1.96 bits per heavy atom. The van der Waals surface area contributed by atoms with Gasteiger partial charge in [-0.05, 0) is 109 Å². The number of alkyl carbamates (subject to hydrolysis) is 1. The van der Waals surface area contributed by atoms with E-state index in [1.54, 1.807) is 30.6 Å². The van der Waals surface area contributed by atoms with Crippen LogP contribution in [0.5, 0.6) is 0 Å². The van der Waals surface area contributed by atoms with Crippen molar-refractivity contribution in [1.82, 2.24) is 20.0 Å². The number of nitrogens with zero attached hydrogens (tertiary/aromatic N) is 3. The highest BCUT2D eigenvalue weighted by Crippen LogP contribution is 2.59. The Labute approximate surface area is 294 Å². The molecule has 1 aromatic carbocycles. The van der Waals surface area contributed by atoms with Crippen molar-refractivity contribution in [3.8, 4) is 0 Å². The molecule has 3 saturated heterocycles. The van der Waals surface area contributed by atoms with Crippen molar-refractivity contribution in [2.24, 2.45) is 11.8 Å². The average Bonchev–Trinajstić information content (AvgIpc) is 3.83. The average molecular weight is 693 g/mol. The van der Waals surface area contributed by atoms with E-state index in [1.807, 2.05) is 30.3 Å². The molecule has 12 heteroatoms. The second-order valence-corrected chi connectivity index (χ2v) is 16.7. The van der Waals surface area contributed by atoms with Gasteiger partial charge in [-0.25, -0.2) is 14.4 Å². The Morgan fingerprint density at radius 1 is 0.780 bits per heavy atom. The van der Waals surface area contributed by atoms with Crippen LogP contribution in [0.15, 0.2) is 30.3 Å². The lowest BCUT2D eigenvalue weighted by molar-refractivity contribution is -0.196. The number of likely N-dealkylation sites (tertiary alicyclic amines) is 3. The minimum Gasteiger partial charge on any atom is -0.457 e. The van der Waals surface area contributed by atoms with Gasteiger partial charge in [0.05, 0.1) is 0 Å². The molecular weight excluding hydrogens is 640 g/mol. The van der Waals surface area contributed by atoms with Crippen molar-refractivity contribution in [2.45, 2.75) is 139 Å². The number of carbonyl (C=O) groups is 5. The summed E-state index contributed by atoms with van der Waals surface area (Å²) in [7, 11) is 0. The lowest BCUT2D eigenvalue weighted by Gasteiger charge is -2.61. The van der Waals surface area contributed by atoms with Crippen molar-refractivity contribution in [3.63, 3.8) is 0 Å². The third kappa shape index (κ3) is 7.04. The van der Waals surface area contributed by atoms with Crippen LogP contribution in [0, 0.1) is 11.8 Å². The van der Waals surface area contributed by atoms with Crippen molar-refractivity contribution in [3.05, 3.63) is 35.9 Å². The molecule has 1 aromatic rings. The van der Waals surface area contributed by atoms with Crippen LogP contribution in [-0.4, -0.2) is 99.2 Å². The van der Waals surface area contributed by atoms with Crippen molar-refractivity contribution in [1.29, 1.82) is 0 Å². The number of nitrogens with one attached hydrogen (secondary N) is 1. The van der Waals surface area contributed by atoms with Gasteiger partial charge < -0.3 is 29.3 Å². The van der Waals surface area contributed by atoms with Crippen molar-refractivity contribution < 1.29 is 38.2 Å². The molecule has 7 aliphatic rings. The van der Waals surface area contributed by atoms with E-state index in [1.165, 1.54) is 4.90 Å². The standard InChI is InChI=1S/C38H52N4O8/c1-36(2,3)50-35(47)42-17-8-13-29(42)32(44)40-15-7-12-28(40)31(43)41-16-9-14-30(41)33(45)49-38-21-26-18-27(22-38)20-37(19-26,24-38)39-34(46)48-23-25-10-5-4-6-11-25/h4-6,10-11,26-30H,7-9,12-24H2,1-3H3,(H,39,46)/t26?,27?,28-,29-,30-,37?,38?/m0/s1. The van der Waals surface area contributed by atoms with Crippen LogP contribution in [0.25, 0.3) is 0 Å². The number of rotatable bonds is 7. The van der Waals surface area contributed by atoms with E-state index in [0.29, 0.717) is 76.4 Å². The number of benzene rings is 1. The summed E-state index contributed by atoms with van der Waals surface area (Å²) in [6.07, 6.45) is 7.46. The van der Waals surface area contributed by atoms with Gasteiger partial charge in [0.1, 0.15) is 35.9 Å². The summed E-state index contributed by atoms with van der Waals surface area (Å²) in [5.41, 5.74) is -0.934. The molecule has 0 spiro atoms. The first-order valence-electron chi connectivity index (χ1n) is 18.6. The molecule has 4 bridgehead atoms. The molecule has 12 nitrogen and oxygen atoms in total. The zero-order chi connectivity index (χ0) is 35.3. The van der Waals surface area contributed by atoms with Gasteiger partial charge in [0, 0.05) is 31.6 Å². The number of carbonyl (C=O) groups excluding carboxylic acids is 5. The molecular formula is C38H52N4O8. The van der Waals surface area contributed by atoms with Gasteiger partial charge in [-0.1, -0.05) is 30.3 Å². The Bertz CT molecular complexity index is 1480. The Kier molecular flexibility index (Phi) is 9.26. The van der Waals surface area contributed by atoms with E-state index in [9.17, 15) is 24.0 Å². The summed E-state index contributed by atoms with van der Waals surface area (Å²) >= 11 is 0. The molecule has 1 N–H and O–H groups in total. The molecule has 0 radical (unpaired) electrons. The van der Waals surface area contributed by atoms with Gasteiger partial charge in [0.15, 0.2) is 0 Å². The van der Waals surface area contributed by atoms with E-state index in [2.05, 4.69) is 5.32 Å². The molecule has 2 unspecified atom stereocenters. The van der Waals surface area contributed by atoms with Crippen LogP contribution < -0.4 is 5.32 Å². The normalized spacial score (nSPS) is 33.0. The van der Waals surface area contributed by atoms with Crippen LogP contribution in [0.2, 0.25) is 0 Å². The number of ether oxygens (including phenoxy) is 3. The third-order valence-corrected chi connectivity index (χ3v) is 11.7. The van der Waals surface area contributed by atoms with Crippen LogP contribution in [0.1, 0.15) is 103 Å². The monoisotopic (exact) mass is 692 g/mol. The molecule has 50 heavy (non-hydrogen) atoms. The minimum atomic E-state index is -0.711. The SMILES string of the molecule is CC(C)(C)OC(=O)N1CCC[C@H]1C(=O)N1CCC[C@H]1C(=O)N1CCC[C@H]1C(=O)OC12CC3CC(CC(NC(=O)OCc4ccccc4)(C3)C1)C2. The zero-order valence-corrected chi connectivity index (χ0v) is 29.7. The zero-order valence-electron chi connectivity index (χ0n) is 29.7. The first-order valence-corrected chi connectivity index (χ1v) is 18.6. The summed E-state index contributed by atoms with van der Waals surface area (Å²) in [5, 5.41) is 3.20. The van der Waals surface area contributed by atoms with E-state index in [0.717, 1.165) is 37.7 Å². The molecule has 3 heterocycles. The smallest absolute Gasteiger partial charge is 0.410 e. The van der Waals surface area contributed by atoms with Gasteiger partial charge in [0.25, 0.3) is 0 Å². The summed E-state index contributed by atoms with van der Waals surface area (Å²) in [6, 6.07) is 7.53. The van der Waals surface area contributed by atoms with E-state index in [4.69, 9.17) is 14.2 Å². The predicted molar refractivity (Wildman–Crippen MR) is 181 cm³/mol. The Balaban J connectivity index is 0.994. The fourth-order valence-corrected chi connectivity index (χ4v) is 10.2. The lowest BCUT2D eigenvalue weighted by atomic mass is 9.51. The fraction of sp³-hybridized carbons (Fsp3) is 0.711. The van der Waals surface area contributed by atoms with Gasteiger partial charge in [-0.15, -0.1) is 0 Å². The van der Waals surface area contributed by atoms with Crippen LogP contribution in [-0.2, 0) is 35.2 Å². The predicted octanol–water partition coefficient (Wildman–Crippen LogP) is 4.93. The second kappa shape index (κ2) is 13.4. The van der Waals surface area contributed by atoms with Crippen LogP contribution in [0.3, 0.4) is 0 Å². The lowest BCUT2D eigenvalue weighted by Crippen LogP contribution is -2.67. The van der Waals surface area contributed by atoms with Gasteiger partial charge in [-0.3, -0.25) is 14.5 Å². The highest BCUT2D eigenvalue weighted by molar-refractivity contribution is 5.94. The fourth-order valence-electron chi connectivity index (χ4n) is 10.2. The molecule has 7 fully saturated rings. The van der Waals surface area contributed by atoms with Crippen molar-refractivity contribution >= 4 is 30.0 Å². The molecule has 0 aromatic heterocycles. The molecule has 272 valence electrons. The number of amides is 4. The quantitative estimate of drug-likeness (QED) is 0.314. The summed E-state index contributed by atoms with van der Waals surface area (Å²) in [6.45, 7) is 6.89. The van der Waals surface area contributed by atoms with Gasteiger partial charge in [-0.2, -0.15) is 0 Å². The highest BCUT2D eigenvalue weighted by atomic mass is 16.6. The minimum absolute atomic E-state index is 0.188. The van der Waals surface area contributed by atoms with Crippen LogP contribution >= 0.6 is 0 Å². The summed E-state index contributed by atoms with van der Waals surface area (Å²) in [5.74, 6) is -0.150. The second-order valence-electron chi connectivity index (χ2n) is 16.7. The largest absolute Gasteiger partial charge is 0.457 e. The van der Waals surface area contributed by atoms with Gasteiger partial charge >= 0.3 is 18.2 Å². The maximum absolute atomic E-state index is 14.2. The topological polar surface area (TPSA) is 135 Å². The Morgan fingerprint density at radius 2 is 1.34 bits per heavy atom. The molecule has 4 aliphatic carbocycles. The first kappa shape index (κ1) is 34.6. The maximum atomic E-state index is 14.2. The van der Waals surface area contributed by atoms with Crippen molar-refractivity contribution in [2.75, 3.05) is 19.6 Å². The molecule has 4 saturated carbocycles. The first-order chi connectivity index (χ1) is 23.8. The maximum Gasteiger partial charge on any atom is 0.410 e. The molecule has 8 rings (SSSR count). The highest BCUT2D eigenvalue weighted by Gasteiger charge is 2.61. The Hall–Kier alpha value is -3.83. The molecule has 3 aliphatic heterocycles. The van der Waals surface area contributed by atoms with Crippen LogP contribution in [0.4, 0.5) is 9.59 Å². The molecule has 5 atom stereocenters. The molecule has 4 amide bonds. The summed E-state index contributed by atoms with van der Waals surface area (Å²) < 4.78 is 17.7. The third-order valence-electron chi connectivity index (χ3n) is 11.7. The van der Waals surface area contributed by atoms with E-state index >= 15 is 0 Å². The number of esters is 1. The van der Waals surface area contributed by atoms with E-state index in [-0.39, 0.29) is 24.4 Å². The van der Waals surface area contributed by atoms with E-state index < -0.39 is 47.1 Å². The number of hydrogen-bond donors (Lipinski definition) is 1. The number of hydrogen-bond acceptors (Lipinski definition) is 8. The van der Waals surface area contributed by atoms with Gasteiger partial charge in [0.2, 0.25) is 11.8 Å².